The third-order valence-corrected chi connectivity index (χ3v) is 7.80. The first-order valence-corrected chi connectivity index (χ1v) is 13.9. The summed E-state index contributed by atoms with van der Waals surface area (Å²) in [5.41, 5.74) is 1.38. The Morgan fingerprint density at radius 2 is 1.61 bits per heavy atom. The standard InChI is InChI=1S/C28H33N2O7P/c1-19(2)26(29-18-31)27(32)30-25(17-21-13-14-22-11-7-8-12-23(22)15-21)38(34,35)37-24(28(33)36-3)16-20-9-5-4-6-10-20/h4-15,18-19,24-26H,16-17H2,1-3H3,(H,29,31)(H,30,32)(H,34,35)/t24-,25+,26-/m0/s1. The number of carbonyl (C=O) groups is 3. The summed E-state index contributed by atoms with van der Waals surface area (Å²) in [7, 11) is -3.51. The van der Waals surface area contributed by atoms with Gasteiger partial charge in [-0.1, -0.05) is 86.6 Å². The van der Waals surface area contributed by atoms with E-state index in [1.54, 1.807) is 44.2 Å². The molecule has 38 heavy (non-hydrogen) atoms. The number of ether oxygens (including phenoxy) is 1. The van der Waals surface area contributed by atoms with Crippen LogP contribution in [0.2, 0.25) is 0 Å². The SMILES string of the molecule is COC(=O)[C@H](Cc1ccccc1)OP(=O)(O)[C@H](Cc1ccc2ccccc2c1)NC(=O)[C@@H](NC=O)C(C)C. The van der Waals surface area contributed by atoms with Crippen molar-refractivity contribution in [2.45, 2.75) is 44.6 Å². The molecule has 0 spiro atoms. The van der Waals surface area contributed by atoms with Crippen molar-refractivity contribution in [3.8, 4) is 0 Å². The van der Waals surface area contributed by atoms with Gasteiger partial charge in [0.05, 0.1) is 7.11 Å². The van der Waals surface area contributed by atoms with Crippen molar-refractivity contribution in [2.75, 3.05) is 7.11 Å². The Morgan fingerprint density at radius 3 is 2.24 bits per heavy atom. The summed E-state index contributed by atoms with van der Waals surface area (Å²) in [5.74, 6) is -3.16. The van der Waals surface area contributed by atoms with Crippen LogP contribution in [0.3, 0.4) is 0 Å². The minimum absolute atomic E-state index is 0.00395. The number of hydrogen-bond acceptors (Lipinski definition) is 6. The first kappa shape index (κ1) is 29.0. The molecule has 2 amide bonds. The molecule has 0 saturated heterocycles. The highest BCUT2D eigenvalue weighted by Crippen LogP contribution is 2.49. The maximum absolute atomic E-state index is 13.7. The Kier molecular flexibility index (Phi) is 10.2. The van der Waals surface area contributed by atoms with Crippen molar-refractivity contribution in [1.29, 1.82) is 0 Å². The number of nitrogens with one attached hydrogen (secondary N) is 2. The van der Waals surface area contributed by atoms with Crippen LogP contribution in [-0.4, -0.2) is 48.2 Å². The molecule has 3 aromatic rings. The van der Waals surface area contributed by atoms with Crippen molar-refractivity contribution < 1.29 is 33.1 Å². The average molecular weight is 541 g/mol. The van der Waals surface area contributed by atoms with Gasteiger partial charge in [-0.05, 0) is 27.8 Å². The van der Waals surface area contributed by atoms with Crippen LogP contribution in [0.4, 0.5) is 0 Å². The smallest absolute Gasteiger partial charge is 0.351 e. The van der Waals surface area contributed by atoms with E-state index in [4.69, 9.17) is 9.26 Å². The molecule has 3 aromatic carbocycles. The highest BCUT2D eigenvalue weighted by molar-refractivity contribution is 7.53. The van der Waals surface area contributed by atoms with E-state index in [0.29, 0.717) is 17.5 Å². The van der Waals surface area contributed by atoms with Crippen molar-refractivity contribution in [1.82, 2.24) is 10.6 Å². The van der Waals surface area contributed by atoms with Gasteiger partial charge >= 0.3 is 13.6 Å². The number of esters is 1. The average Bonchev–Trinajstić information content (AvgIpc) is 2.90. The molecular weight excluding hydrogens is 507 g/mol. The molecule has 9 nitrogen and oxygen atoms in total. The van der Waals surface area contributed by atoms with Crippen LogP contribution >= 0.6 is 7.60 Å². The molecule has 0 aliphatic carbocycles. The van der Waals surface area contributed by atoms with Crippen LogP contribution in [-0.2, 0) is 41.1 Å². The summed E-state index contributed by atoms with van der Waals surface area (Å²) in [5, 5.41) is 6.95. The van der Waals surface area contributed by atoms with Crippen molar-refractivity contribution in [3.63, 3.8) is 0 Å². The van der Waals surface area contributed by atoms with E-state index in [1.807, 2.05) is 42.5 Å². The van der Waals surface area contributed by atoms with Crippen LogP contribution in [0.25, 0.3) is 10.8 Å². The van der Waals surface area contributed by atoms with E-state index >= 15 is 0 Å². The molecule has 0 radical (unpaired) electrons. The Bertz CT molecular complexity index is 1300. The molecule has 0 aliphatic rings. The third-order valence-electron chi connectivity index (χ3n) is 6.15. The van der Waals surface area contributed by atoms with Gasteiger partial charge in [-0.15, -0.1) is 0 Å². The number of hydrogen-bond donors (Lipinski definition) is 3. The lowest BCUT2D eigenvalue weighted by molar-refractivity contribution is -0.149. The zero-order valence-corrected chi connectivity index (χ0v) is 22.5. The summed E-state index contributed by atoms with van der Waals surface area (Å²) >= 11 is 0. The summed E-state index contributed by atoms with van der Waals surface area (Å²) in [6.45, 7) is 3.47. The fourth-order valence-corrected chi connectivity index (χ4v) is 5.52. The van der Waals surface area contributed by atoms with Crippen LogP contribution in [0, 0.1) is 5.92 Å². The van der Waals surface area contributed by atoms with Crippen LogP contribution in [0.1, 0.15) is 25.0 Å². The molecule has 1 unspecified atom stereocenters. The molecule has 0 aromatic heterocycles. The molecule has 0 heterocycles. The van der Waals surface area contributed by atoms with Gasteiger partial charge in [-0.25, -0.2) is 4.79 Å². The highest BCUT2D eigenvalue weighted by Gasteiger charge is 2.40. The molecule has 10 heteroatoms. The Hall–Kier alpha value is -3.52. The lowest BCUT2D eigenvalue weighted by atomic mass is 10.0. The summed E-state index contributed by atoms with van der Waals surface area (Å²) < 4.78 is 24.1. The van der Waals surface area contributed by atoms with Crippen molar-refractivity contribution >= 4 is 36.7 Å². The van der Waals surface area contributed by atoms with Gasteiger partial charge in [0, 0.05) is 12.8 Å². The first-order chi connectivity index (χ1) is 18.1. The number of methoxy groups -OCH3 is 1. The van der Waals surface area contributed by atoms with Gasteiger partial charge in [-0.2, -0.15) is 0 Å². The van der Waals surface area contributed by atoms with Gasteiger partial charge in [0.2, 0.25) is 12.3 Å². The number of amides is 2. The normalized spacial score (nSPS) is 15.2. The molecule has 4 atom stereocenters. The highest BCUT2D eigenvalue weighted by atomic mass is 31.2. The van der Waals surface area contributed by atoms with E-state index in [-0.39, 0.29) is 18.8 Å². The van der Waals surface area contributed by atoms with Gasteiger partial charge in [0.15, 0.2) is 6.10 Å². The number of rotatable bonds is 13. The maximum atomic E-state index is 13.7. The fourth-order valence-electron chi connectivity index (χ4n) is 4.11. The van der Waals surface area contributed by atoms with E-state index < -0.39 is 37.4 Å². The van der Waals surface area contributed by atoms with E-state index in [0.717, 1.165) is 10.8 Å². The lowest BCUT2D eigenvalue weighted by Gasteiger charge is -2.29. The van der Waals surface area contributed by atoms with Crippen LogP contribution < -0.4 is 10.6 Å². The van der Waals surface area contributed by atoms with E-state index in [2.05, 4.69) is 10.6 Å². The molecule has 202 valence electrons. The third kappa shape index (κ3) is 7.74. The number of carbonyl (C=O) groups excluding carboxylic acids is 3. The van der Waals surface area contributed by atoms with Crippen molar-refractivity contribution in [2.24, 2.45) is 5.92 Å². The maximum Gasteiger partial charge on any atom is 0.351 e. The Labute approximate surface area is 222 Å². The Morgan fingerprint density at radius 1 is 0.947 bits per heavy atom. The monoisotopic (exact) mass is 540 g/mol. The minimum Gasteiger partial charge on any atom is -0.467 e. The Balaban J connectivity index is 1.93. The summed E-state index contributed by atoms with van der Waals surface area (Å²) in [6, 6.07) is 21.1. The predicted octanol–water partition coefficient (Wildman–Crippen LogP) is 3.58. The zero-order valence-electron chi connectivity index (χ0n) is 21.6. The van der Waals surface area contributed by atoms with Gasteiger partial charge < -0.3 is 20.3 Å². The van der Waals surface area contributed by atoms with Crippen LogP contribution in [0.5, 0.6) is 0 Å². The van der Waals surface area contributed by atoms with Gasteiger partial charge in [0.1, 0.15) is 11.8 Å². The first-order valence-electron chi connectivity index (χ1n) is 12.2. The second-order valence-electron chi connectivity index (χ2n) is 9.29. The topological polar surface area (TPSA) is 131 Å². The molecule has 0 saturated carbocycles. The summed E-state index contributed by atoms with van der Waals surface area (Å²) in [4.78, 5) is 47.8. The number of fused-ring (bicyclic) bond motifs is 1. The largest absolute Gasteiger partial charge is 0.467 e. The summed E-state index contributed by atoms with van der Waals surface area (Å²) in [6.07, 6.45) is -1.04. The predicted molar refractivity (Wildman–Crippen MR) is 144 cm³/mol. The fraction of sp³-hybridized carbons (Fsp3) is 0.321. The van der Waals surface area contributed by atoms with E-state index in [1.165, 1.54) is 7.11 Å². The van der Waals surface area contributed by atoms with Gasteiger partial charge in [0.25, 0.3) is 0 Å². The minimum atomic E-state index is -4.68. The second kappa shape index (κ2) is 13.3. The second-order valence-corrected chi connectivity index (χ2v) is 11.2. The lowest BCUT2D eigenvalue weighted by Crippen LogP contribution is -2.50. The molecule has 3 rings (SSSR count). The van der Waals surface area contributed by atoms with Gasteiger partial charge in [-0.3, -0.25) is 18.7 Å². The molecule has 3 N–H and O–H groups in total. The van der Waals surface area contributed by atoms with E-state index in [9.17, 15) is 23.8 Å². The molecule has 0 fully saturated rings. The zero-order chi connectivity index (χ0) is 27.7. The number of benzene rings is 3. The van der Waals surface area contributed by atoms with Crippen LogP contribution in [0.15, 0.2) is 72.8 Å². The van der Waals surface area contributed by atoms with Crippen molar-refractivity contribution in [3.05, 3.63) is 83.9 Å². The molecule has 0 aliphatic heterocycles. The molecule has 0 bridgehead atoms. The molecular formula is C28H33N2O7P. The quantitative estimate of drug-likeness (QED) is 0.172.